The standard InChI is InChI=1S/C22H24N4OS2/c1-13(2)18-20(27)29-22(25-18)24-16-9-7-15(8-10-16)11-12-23-21-26-19-14(3)5-4-6-17(19)28-21/h4-10,13,18H,11-12H2,1-3H3,(H,23,26)(H,24,25)/t18-/m0/s1. The number of nitrogens with zero attached hydrogens (tertiary/aromatic N) is 2. The van der Waals surface area contributed by atoms with Crippen LogP contribution in [0.4, 0.5) is 10.8 Å². The third kappa shape index (κ3) is 4.62. The molecule has 0 saturated heterocycles. The molecule has 0 radical (unpaired) electrons. The highest BCUT2D eigenvalue weighted by Crippen LogP contribution is 2.28. The first-order valence-corrected chi connectivity index (χ1v) is 11.4. The van der Waals surface area contributed by atoms with E-state index in [1.165, 1.54) is 27.6 Å². The Morgan fingerprint density at radius 2 is 1.93 bits per heavy atom. The van der Waals surface area contributed by atoms with Gasteiger partial charge in [0.2, 0.25) is 5.12 Å². The number of thioether (sulfide) groups is 1. The van der Waals surface area contributed by atoms with Gasteiger partial charge < -0.3 is 10.6 Å². The van der Waals surface area contributed by atoms with Crippen molar-refractivity contribution in [3.05, 3.63) is 53.6 Å². The Morgan fingerprint density at radius 1 is 1.14 bits per heavy atom. The van der Waals surface area contributed by atoms with Crippen LogP contribution in [0.2, 0.25) is 0 Å². The van der Waals surface area contributed by atoms with E-state index < -0.39 is 0 Å². The lowest BCUT2D eigenvalue weighted by Gasteiger charge is -2.07. The number of carbonyl (C=O) groups is 1. The molecule has 0 fully saturated rings. The summed E-state index contributed by atoms with van der Waals surface area (Å²) in [6, 6.07) is 14.3. The Hall–Kier alpha value is -2.38. The first-order valence-electron chi connectivity index (χ1n) is 9.75. The number of amidine groups is 1. The van der Waals surface area contributed by atoms with Gasteiger partial charge in [0.05, 0.1) is 10.2 Å². The van der Waals surface area contributed by atoms with Crippen molar-refractivity contribution in [2.75, 3.05) is 17.2 Å². The van der Waals surface area contributed by atoms with Crippen molar-refractivity contribution in [3.8, 4) is 0 Å². The number of hydrogen-bond donors (Lipinski definition) is 2. The van der Waals surface area contributed by atoms with Crippen LogP contribution in [-0.4, -0.2) is 27.9 Å². The van der Waals surface area contributed by atoms with E-state index in [9.17, 15) is 4.79 Å². The number of thiazole rings is 1. The van der Waals surface area contributed by atoms with Crippen LogP contribution < -0.4 is 10.6 Å². The molecule has 0 aliphatic carbocycles. The van der Waals surface area contributed by atoms with Gasteiger partial charge in [-0.25, -0.2) is 9.98 Å². The summed E-state index contributed by atoms with van der Waals surface area (Å²) in [5, 5.41) is 8.46. The van der Waals surface area contributed by atoms with E-state index in [1.54, 1.807) is 11.3 Å². The number of anilines is 2. The van der Waals surface area contributed by atoms with Gasteiger partial charge >= 0.3 is 0 Å². The number of nitrogens with one attached hydrogen (secondary N) is 2. The van der Waals surface area contributed by atoms with Gasteiger partial charge in [-0.1, -0.05) is 49.4 Å². The summed E-state index contributed by atoms with van der Waals surface area (Å²) in [7, 11) is 0. The lowest BCUT2D eigenvalue weighted by atomic mass is 10.1. The number of aromatic nitrogens is 1. The van der Waals surface area contributed by atoms with Crippen molar-refractivity contribution in [2.24, 2.45) is 10.9 Å². The molecule has 1 atom stereocenters. The first-order chi connectivity index (χ1) is 14.0. The second-order valence-electron chi connectivity index (χ2n) is 7.48. The number of rotatable bonds is 6. The van der Waals surface area contributed by atoms with Crippen molar-refractivity contribution >= 4 is 54.4 Å². The van der Waals surface area contributed by atoms with Gasteiger partial charge in [-0.05, 0) is 60.4 Å². The normalized spacial score (nSPS) is 16.5. The van der Waals surface area contributed by atoms with Crippen LogP contribution in [0.25, 0.3) is 10.2 Å². The number of fused-ring (bicyclic) bond motifs is 1. The van der Waals surface area contributed by atoms with Crippen molar-refractivity contribution < 1.29 is 4.79 Å². The van der Waals surface area contributed by atoms with E-state index in [0.29, 0.717) is 5.17 Å². The fourth-order valence-corrected chi connectivity index (χ4v) is 5.13. The molecule has 4 rings (SSSR count). The molecule has 3 aromatic rings. The zero-order chi connectivity index (χ0) is 20.4. The molecule has 5 nitrogen and oxygen atoms in total. The Morgan fingerprint density at radius 3 is 2.62 bits per heavy atom. The smallest absolute Gasteiger partial charge is 0.221 e. The molecule has 2 heterocycles. The Labute approximate surface area is 179 Å². The molecular weight excluding hydrogens is 400 g/mol. The predicted molar refractivity (Wildman–Crippen MR) is 125 cm³/mol. The summed E-state index contributed by atoms with van der Waals surface area (Å²) < 4.78 is 1.22. The molecule has 0 amide bonds. The van der Waals surface area contributed by atoms with Crippen molar-refractivity contribution in [1.82, 2.24) is 4.98 Å². The van der Waals surface area contributed by atoms with Gasteiger partial charge in [-0.15, -0.1) is 0 Å². The van der Waals surface area contributed by atoms with E-state index in [0.717, 1.165) is 29.3 Å². The topological polar surface area (TPSA) is 66.4 Å². The molecular formula is C22H24N4OS2. The van der Waals surface area contributed by atoms with Gasteiger partial charge in [0.25, 0.3) is 0 Å². The molecule has 0 saturated carbocycles. The Balaban J connectivity index is 1.31. The maximum Gasteiger partial charge on any atom is 0.221 e. The minimum atomic E-state index is -0.237. The summed E-state index contributed by atoms with van der Waals surface area (Å²) in [5.41, 5.74) is 4.49. The predicted octanol–water partition coefficient (Wildman–Crippen LogP) is 5.33. The largest absolute Gasteiger partial charge is 0.361 e. The van der Waals surface area contributed by atoms with Crippen molar-refractivity contribution in [1.29, 1.82) is 0 Å². The average Bonchev–Trinajstić information content (AvgIpc) is 3.27. The summed E-state index contributed by atoms with van der Waals surface area (Å²) >= 11 is 2.89. The molecule has 1 aliphatic heterocycles. The highest BCUT2D eigenvalue weighted by atomic mass is 32.2. The second kappa shape index (κ2) is 8.55. The van der Waals surface area contributed by atoms with Gasteiger partial charge in [-0.2, -0.15) is 0 Å². The molecule has 2 N–H and O–H groups in total. The maximum atomic E-state index is 12.0. The summed E-state index contributed by atoms with van der Waals surface area (Å²) in [6.07, 6.45) is 0.915. The zero-order valence-electron chi connectivity index (χ0n) is 16.7. The third-order valence-electron chi connectivity index (χ3n) is 4.84. The van der Waals surface area contributed by atoms with Gasteiger partial charge in [-0.3, -0.25) is 4.79 Å². The number of hydrogen-bond acceptors (Lipinski definition) is 7. The number of carbonyl (C=O) groups excluding carboxylic acids is 1. The van der Waals surface area contributed by atoms with Crippen LogP contribution in [0.1, 0.15) is 25.0 Å². The van der Waals surface area contributed by atoms with Crippen LogP contribution in [0.15, 0.2) is 47.5 Å². The monoisotopic (exact) mass is 424 g/mol. The molecule has 0 spiro atoms. The number of para-hydroxylation sites is 1. The quantitative estimate of drug-likeness (QED) is 0.560. The average molecular weight is 425 g/mol. The number of aryl methyl sites for hydroxylation is 1. The highest BCUT2D eigenvalue weighted by Gasteiger charge is 2.30. The van der Waals surface area contributed by atoms with E-state index in [-0.39, 0.29) is 17.1 Å². The lowest BCUT2D eigenvalue weighted by Crippen LogP contribution is -2.17. The third-order valence-corrected chi connectivity index (χ3v) is 6.66. The second-order valence-corrected chi connectivity index (χ2v) is 9.51. The molecule has 0 unspecified atom stereocenters. The van der Waals surface area contributed by atoms with E-state index in [1.807, 2.05) is 26.0 Å². The SMILES string of the molecule is Cc1cccc2sc(NCCc3ccc(NC4=N[C@@H](C(C)C)C(=O)S4)cc3)nc12. The minimum absolute atomic E-state index is 0.121. The molecule has 0 bridgehead atoms. The summed E-state index contributed by atoms with van der Waals surface area (Å²) in [5.74, 6) is 0.225. The van der Waals surface area contributed by atoms with Crippen molar-refractivity contribution in [2.45, 2.75) is 33.2 Å². The van der Waals surface area contributed by atoms with Gasteiger partial charge in [0, 0.05) is 12.2 Å². The zero-order valence-corrected chi connectivity index (χ0v) is 18.4. The number of aliphatic imine (C=N–C) groups is 1. The lowest BCUT2D eigenvalue weighted by molar-refractivity contribution is -0.112. The molecule has 29 heavy (non-hydrogen) atoms. The van der Waals surface area contributed by atoms with E-state index >= 15 is 0 Å². The fraction of sp³-hybridized carbons (Fsp3) is 0.318. The maximum absolute atomic E-state index is 12.0. The summed E-state index contributed by atoms with van der Waals surface area (Å²) in [4.78, 5) is 21.2. The molecule has 2 aromatic carbocycles. The molecule has 7 heteroatoms. The van der Waals surface area contributed by atoms with Crippen LogP contribution in [0, 0.1) is 12.8 Å². The molecule has 150 valence electrons. The van der Waals surface area contributed by atoms with Crippen LogP contribution in [-0.2, 0) is 11.2 Å². The highest BCUT2D eigenvalue weighted by molar-refractivity contribution is 8.27. The van der Waals surface area contributed by atoms with E-state index in [2.05, 4.69) is 52.9 Å². The number of benzene rings is 2. The van der Waals surface area contributed by atoms with Crippen LogP contribution in [0.3, 0.4) is 0 Å². The van der Waals surface area contributed by atoms with E-state index in [4.69, 9.17) is 4.98 Å². The van der Waals surface area contributed by atoms with Crippen LogP contribution in [0.5, 0.6) is 0 Å². The molecule has 1 aliphatic rings. The van der Waals surface area contributed by atoms with Crippen LogP contribution >= 0.6 is 23.1 Å². The van der Waals surface area contributed by atoms with Gasteiger partial charge in [0.15, 0.2) is 10.3 Å². The Bertz CT molecular complexity index is 1060. The first kappa shape index (κ1) is 19.9. The molecule has 1 aromatic heterocycles. The Kier molecular flexibility index (Phi) is 5.87. The van der Waals surface area contributed by atoms with Crippen molar-refractivity contribution in [3.63, 3.8) is 0 Å². The minimum Gasteiger partial charge on any atom is -0.361 e. The van der Waals surface area contributed by atoms with Gasteiger partial charge in [0.1, 0.15) is 6.04 Å². The summed E-state index contributed by atoms with van der Waals surface area (Å²) in [6.45, 7) is 6.97. The fourth-order valence-electron chi connectivity index (χ4n) is 3.19.